The second-order valence-electron chi connectivity index (χ2n) is 4.36. The average Bonchev–Trinajstić information content (AvgIpc) is 2.44. The maximum atomic E-state index is 11.6. The maximum Gasteiger partial charge on any atom is 0.242 e. The normalized spacial score (nSPS) is 20.3. The van der Waals surface area contributed by atoms with E-state index in [1.807, 2.05) is 6.92 Å². The monoisotopic (exact) mass is 256 g/mol. The Labute approximate surface area is 107 Å². The molecule has 5 heteroatoms. The summed E-state index contributed by atoms with van der Waals surface area (Å²) in [4.78, 5) is 23.2. The summed E-state index contributed by atoms with van der Waals surface area (Å²) >= 11 is 1.52. The Morgan fingerprint density at radius 1 is 1.53 bits per heavy atom. The molecule has 0 aromatic rings. The molecule has 96 valence electrons. The van der Waals surface area contributed by atoms with Crippen molar-refractivity contribution in [1.29, 1.82) is 0 Å². The lowest BCUT2D eigenvalue weighted by Crippen LogP contribution is -2.46. The predicted octanol–water partition coefficient (Wildman–Crippen LogP) is 1.08. The van der Waals surface area contributed by atoms with Crippen LogP contribution >= 0.6 is 11.8 Å². The van der Waals surface area contributed by atoms with Crippen molar-refractivity contribution in [2.24, 2.45) is 0 Å². The molecule has 0 bridgehead atoms. The molecule has 4 nitrogen and oxygen atoms in total. The molecule has 0 aliphatic carbocycles. The lowest BCUT2D eigenvalue weighted by molar-refractivity contribution is -0.127. The molecule has 0 spiro atoms. The number of nitrogens with one attached hydrogen (secondary N) is 2. The summed E-state index contributed by atoms with van der Waals surface area (Å²) in [5.41, 5.74) is 1.05. The first-order valence-corrected chi connectivity index (χ1v) is 7.04. The predicted molar refractivity (Wildman–Crippen MR) is 70.9 cm³/mol. The Kier molecular flexibility index (Phi) is 6.11. The van der Waals surface area contributed by atoms with Crippen LogP contribution in [0.4, 0.5) is 0 Å². The first kappa shape index (κ1) is 14.1. The van der Waals surface area contributed by atoms with Crippen LogP contribution in [0.25, 0.3) is 0 Å². The van der Waals surface area contributed by atoms with Crippen molar-refractivity contribution >= 4 is 23.6 Å². The summed E-state index contributed by atoms with van der Waals surface area (Å²) in [6, 6.07) is -0.351. The van der Waals surface area contributed by atoms with E-state index in [1.54, 1.807) is 0 Å². The van der Waals surface area contributed by atoms with E-state index in [0.29, 0.717) is 5.75 Å². The fraction of sp³-hybridized carbons (Fsp3) is 0.667. The van der Waals surface area contributed by atoms with Gasteiger partial charge in [0.05, 0.1) is 5.75 Å². The van der Waals surface area contributed by atoms with Crippen molar-refractivity contribution in [3.8, 4) is 0 Å². The minimum atomic E-state index is -0.351. The SMILES string of the molecule is C=C(C)CSCC(=O)NC1CCCCNC1=O. The molecule has 1 saturated heterocycles. The Hall–Kier alpha value is -0.970. The van der Waals surface area contributed by atoms with Crippen molar-refractivity contribution < 1.29 is 9.59 Å². The third kappa shape index (κ3) is 5.77. The molecule has 2 amide bonds. The average molecular weight is 256 g/mol. The summed E-state index contributed by atoms with van der Waals surface area (Å²) in [5, 5.41) is 5.58. The van der Waals surface area contributed by atoms with Gasteiger partial charge in [-0.2, -0.15) is 0 Å². The quantitative estimate of drug-likeness (QED) is 0.724. The van der Waals surface area contributed by atoms with Crippen LogP contribution in [-0.2, 0) is 9.59 Å². The molecule has 1 rings (SSSR count). The molecule has 1 aliphatic rings. The van der Waals surface area contributed by atoms with E-state index in [-0.39, 0.29) is 17.9 Å². The van der Waals surface area contributed by atoms with Crippen molar-refractivity contribution in [1.82, 2.24) is 10.6 Å². The summed E-state index contributed by atoms with van der Waals surface area (Å²) in [5.74, 6) is 1.04. The van der Waals surface area contributed by atoms with Gasteiger partial charge in [-0.25, -0.2) is 0 Å². The standard InChI is InChI=1S/C12H20N2O2S/c1-9(2)7-17-8-11(15)14-10-5-3-4-6-13-12(10)16/h10H,1,3-8H2,2H3,(H,13,16)(H,14,15). The van der Waals surface area contributed by atoms with Gasteiger partial charge in [-0.15, -0.1) is 11.8 Å². The van der Waals surface area contributed by atoms with Gasteiger partial charge >= 0.3 is 0 Å². The summed E-state index contributed by atoms with van der Waals surface area (Å²) in [6.45, 7) is 6.43. The largest absolute Gasteiger partial charge is 0.354 e. The molecule has 17 heavy (non-hydrogen) atoms. The zero-order valence-corrected chi connectivity index (χ0v) is 11.1. The highest BCUT2D eigenvalue weighted by molar-refractivity contribution is 8.00. The van der Waals surface area contributed by atoms with Gasteiger partial charge in [0.2, 0.25) is 11.8 Å². The van der Waals surface area contributed by atoms with Crippen LogP contribution in [0.3, 0.4) is 0 Å². The van der Waals surface area contributed by atoms with Crippen LogP contribution in [0, 0.1) is 0 Å². The molecule has 1 atom stereocenters. The summed E-state index contributed by atoms with van der Waals surface area (Å²) < 4.78 is 0. The topological polar surface area (TPSA) is 58.2 Å². The molecular weight excluding hydrogens is 236 g/mol. The van der Waals surface area contributed by atoms with E-state index >= 15 is 0 Å². The minimum Gasteiger partial charge on any atom is -0.354 e. The van der Waals surface area contributed by atoms with E-state index < -0.39 is 0 Å². The second kappa shape index (κ2) is 7.37. The number of carbonyl (C=O) groups is 2. The van der Waals surface area contributed by atoms with Crippen molar-refractivity contribution in [3.63, 3.8) is 0 Å². The fourth-order valence-corrected chi connectivity index (χ4v) is 2.35. The third-order valence-corrected chi connectivity index (χ3v) is 3.62. The lowest BCUT2D eigenvalue weighted by atomic mass is 10.1. The second-order valence-corrected chi connectivity index (χ2v) is 5.34. The van der Waals surface area contributed by atoms with Gasteiger partial charge < -0.3 is 10.6 Å². The Bertz CT molecular complexity index is 305. The maximum absolute atomic E-state index is 11.6. The minimum absolute atomic E-state index is 0.0549. The van der Waals surface area contributed by atoms with Crippen LogP contribution in [0.2, 0.25) is 0 Å². The van der Waals surface area contributed by atoms with E-state index in [2.05, 4.69) is 17.2 Å². The highest BCUT2D eigenvalue weighted by Crippen LogP contribution is 2.07. The number of amides is 2. The first-order chi connectivity index (χ1) is 8.09. The Morgan fingerprint density at radius 3 is 3.00 bits per heavy atom. The smallest absolute Gasteiger partial charge is 0.242 e. The van der Waals surface area contributed by atoms with E-state index in [4.69, 9.17) is 0 Å². The van der Waals surface area contributed by atoms with Gasteiger partial charge in [-0.1, -0.05) is 12.2 Å². The van der Waals surface area contributed by atoms with Crippen molar-refractivity contribution in [2.45, 2.75) is 32.2 Å². The molecule has 0 saturated carbocycles. The molecule has 1 unspecified atom stereocenters. The molecule has 0 aromatic heterocycles. The van der Waals surface area contributed by atoms with Gasteiger partial charge in [0.1, 0.15) is 6.04 Å². The van der Waals surface area contributed by atoms with Crippen LogP contribution < -0.4 is 10.6 Å². The summed E-state index contributed by atoms with van der Waals surface area (Å²) in [7, 11) is 0. The van der Waals surface area contributed by atoms with Gasteiger partial charge in [0.25, 0.3) is 0 Å². The van der Waals surface area contributed by atoms with Gasteiger partial charge in [-0.05, 0) is 26.2 Å². The van der Waals surface area contributed by atoms with E-state index in [0.717, 1.165) is 37.1 Å². The van der Waals surface area contributed by atoms with Gasteiger partial charge in [0.15, 0.2) is 0 Å². The Morgan fingerprint density at radius 2 is 2.29 bits per heavy atom. The van der Waals surface area contributed by atoms with E-state index in [9.17, 15) is 9.59 Å². The highest BCUT2D eigenvalue weighted by Gasteiger charge is 2.21. The zero-order chi connectivity index (χ0) is 12.7. The molecule has 0 aromatic carbocycles. The highest BCUT2D eigenvalue weighted by atomic mass is 32.2. The molecule has 1 heterocycles. The summed E-state index contributed by atoms with van der Waals surface area (Å²) in [6.07, 6.45) is 2.70. The molecule has 2 N–H and O–H groups in total. The third-order valence-electron chi connectivity index (χ3n) is 2.45. The van der Waals surface area contributed by atoms with E-state index in [1.165, 1.54) is 11.8 Å². The first-order valence-electron chi connectivity index (χ1n) is 5.89. The molecule has 0 radical (unpaired) electrons. The van der Waals surface area contributed by atoms with Crippen molar-refractivity contribution in [3.05, 3.63) is 12.2 Å². The molecule has 1 fully saturated rings. The number of rotatable bonds is 5. The fourth-order valence-electron chi connectivity index (χ4n) is 1.63. The molecular formula is C12H20N2O2S. The number of thioether (sulfide) groups is 1. The number of hydrogen-bond acceptors (Lipinski definition) is 3. The van der Waals surface area contributed by atoms with Crippen LogP contribution in [0.5, 0.6) is 0 Å². The number of carbonyl (C=O) groups excluding carboxylic acids is 2. The van der Waals surface area contributed by atoms with Gasteiger partial charge in [0, 0.05) is 12.3 Å². The lowest BCUT2D eigenvalue weighted by Gasteiger charge is -2.14. The molecule has 1 aliphatic heterocycles. The zero-order valence-electron chi connectivity index (χ0n) is 10.3. The Balaban J connectivity index is 2.28. The van der Waals surface area contributed by atoms with Crippen LogP contribution in [0.1, 0.15) is 26.2 Å². The van der Waals surface area contributed by atoms with Gasteiger partial charge in [-0.3, -0.25) is 9.59 Å². The van der Waals surface area contributed by atoms with Crippen LogP contribution in [-0.4, -0.2) is 35.9 Å². The van der Waals surface area contributed by atoms with Crippen LogP contribution in [0.15, 0.2) is 12.2 Å². The number of hydrogen-bond donors (Lipinski definition) is 2. The van der Waals surface area contributed by atoms with Crippen molar-refractivity contribution in [2.75, 3.05) is 18.1 Å².